The van der Waals surface area contributed by atoms with Crippen LogP contribution >= 0.6 is 0 Å². The molecule has 1 unspecified atom stereocenters. The van der Waals surface area contributed by atoms with Crippen molar-refractivity contribution in [3.63, 3.8) is 0 Å². The average molecular weight is 240 g/mol. The largest absolute Gasteiger partial charge is 0.391 e. The second-order valence-electron chi connectivity index (χ2n) is 5.65. The van der Waals surface area contributed by atoms with Gasteiger partial charge in [0.15, 0.2) is 0 Å². The number of β-amino-alcohol motifs (C(OH)–C–C–N with tert-alkyl or cyclic N) is 1. The lowest BCUT2D eigenvalue weighted by atomic mass is 10.0. The first kappa shape index (κ1) is 12.7. The van der Waals surface area contributed by atoms with Gasteiger partial charge in [-0.05, 0) is 37.5 Å². The highest BCUT2D eigenvalue weighted by atomic mass is 16.3. The van der Waals surface area contributed by atoms with Crippen molar-refractivity contribution in [3.8, 4) is 0 Å². The second kappa shape index (κ2) is 5.25. The summed E-state index contributed by atoms with van der Waals surface area (Å²) in [4.78, 5) is 13.7. The van der Waals surface area contributed by atoms with E-state index in [0.717, 1.165) is 25.9 Å². The fourth-order valence-electron chi connectivity index (χ4n) is 2.74. The summed E-state index contributed by atoms with van der Waals surface area (Å²) in [5.74, 6) is 0. The summed E-state index contributed by atoms with van der Waals surface area (Å²) in [7, 11) is 0. The predicted octanol–water partition coefficient (Wildman–Crippen LogP) is 1.73. The summed E-state index contributed by atoms with van der Waals surface area (Å²) < 4.78 is 0. The normalized spacial score (nSPS) is 26.7. The van der Waals surface area contributed by atoms with Crippen molar-refractivity contribution >= 4 is 6.03 Å². The molecular weight excluding hydrogens is 216 g/mol. The lowest BCUT2D eigenvalue weighted by molar-refractivity contribution is 0.0838. The Kier molecular flexibility index (Phi) is 3.92. The van der Waals surface area contributed by atoms with Crippen molar-refractivity contribution in [1.29, 1.82) is 0 Å². The van der Waals surface area contributed by atoms with Crippen LogP contribution in [0.3, 0.4) is 0 Å². The van der Waals surface area contributed by atoms with E-state index < -0.39 is 0 Å². The predicted molar refractivity (Wildman–Crippen MR) is 66.8 cm³/mol. The number of rotatable bonds is 4. The number of aliphatic hydroxyl groups excluding tert-OH is 1. The molecule has 1 aliphatic heterocycles. The molecule has 2 fully saturated rings. The van der Waals surface area contributed by atoms with Crippen molar-refractivity contribution in [3.05, 3.63) is 0 Å². The monoisotopic (exact) mass is 240 g/mol. The van der Waals surface area contributed by atoms with E-state index in [0.29, 0.717) is 12.0 Å². The van der Waals surface area contributed by atoms with Gasteiger partial charge in [0.1, 0.15) is 0 Å². The van der Waals surface area contributed by atoms with Gasteiger partial charge >= 0.3 is 6.03 Å². The van der Waals surface area contributed by atoms with Gasteiger partial charge < -0.3 is 15.3 Å². The Morgan fingerprint density at radius 1 is 1.53 bits per heavy atom. The molecule has 2 amide bonds. The molecule has 0 aromatic heterocycles. The van der Waals surface area contributed by atoms with Crippen LogP contribution in [0.5, 0.6) is 0 Å². The fraction of sp³-hybridized carbons (Fsp3) is 0.923. The summed E-state index contributed by atoms with van der Waals surface area (Å²) in [6.07, 6.45) is 6.32. The summed E-state index contributed by atoms with van der Waals surface area (Å²) in [6, 6.07) is 0.00567. The number of carbonyl (C=O) groups excluding carboxylic acids is 1. The van der Waals surface area contributed by atoms with Crippen LogP contribution in [-0.4, -0.2) is 41.8 Å². The Balaban J connectivity index is 1.73. The van der Waals surface area contributed by atoms with Crippen molar-refractivity contribution in [2.45, 2.75) is 51.6 Å². The molecule has 0 radical (unpaired) electrons. The molecule has 2 rings (SSSR count). The first-order valence-corrected chi connectivity index (χ1v) is 6.86. The van der Waals surface area contributed by atoms with Crippen molar-refractivity contribution in [2.24, 2.45) is 5.41 Å². The molecule has 1 saturated carbocycles. The molecule has 1 heterocycles. The van der Waals surface area contributed by atoms with Crippen LogP contribution in [0.25, 0.3) is 0 Å². The highest BCUT2D eigenvalue weighted by molar-refractivity contribution is 5.74. The smallest absolute Gasteiger partial charge is 0.317 e. The maximum absolute atomic E-state index is 11.9. The molecule has 0 aromatic rings. The third kappa shape index (κ3) is 3.35. The third-order valence-electron chi connectivity index (χ3n) is 4.04. The Morgan fingerprint density at radius 2 is 2.29 bits per heavy atom. The standard InChI is InChI=1S/C13H24N2O2/c1-2-5-13(6-7-13)10-14-12(17)15-8-3-4-11(16)9-15/h11,16H,2-10H2,1H3,(H,14,17). The number of piperidine rings is 1. The molecule has 2 aliphatic rings. The molecular formula is C13H24N2O2. The Labute approximate surface area is 103 Å². The van der Waals surface area contributed by atoms with Crippen LogP contribution in [-0.2, 0) is 0 Å². The minimum atomic E-state index is -0.333. The number of carbonyl (C=O) groups is 1. The maximum atomic E-state index is 11.9. The molecule has 1 aliphatic carbocycles. The van der Waals surface area contributed by atoms with Gasteiger partial charge in [-0.15, -0.1) is 0 Å². The molecule has 0 spiro atoms. The highest BCUT2D eigenvalue weighted by Gasteiger charge is 2.41. The molecule has 4 heteroatoms. The van der Waals surface area contributed by atoms with Crippen LogP contribution < -0.4 is 5.32 Å². The van der Waals surface area contributed by atoms with Crippen molar-refractivity contribution in [1.82, 2.24) is 10.2 Å². The van der Waals surface area contributed by atoms with E-state index in [1.54, 1.807) is 4.90 Å². The van der Waals surface area contributed by atoms with Gasteiger partial charge in [-0.2, -0.15) is 0 Å². The number of amides is 2. The summed E-state index contributed by atoms with van der Waals surface area (Å²) in [5.41, 5.74) is 0.402. The minimum Gasteiger partial charge on any atom is -0.391 e. The maximum Gasteiger partial charge on any atom is 0.317 e. The quantitative estimate of drug-likeness (QED) is 0.786. The van der Waals surface area contributed by atoms with Gasteiger partial charge in [-0.25, -0.2) is 4.79 Å². The van der Waals surface area contributed by atoms with Gasteiger partial charge in [0.2, 0.25) is 0 Å². The lowest BCUT2D eigenvalue weighted by Crippen LogP contribution is -2.48. The van der Waals surface area contributed by atoms with Crippen LogP contribution in [0.15, 0.2) is 0 Å². The van der Waals surface area contributed by atoms with E-state index in [9.17, 15) is 9.90 Å². The van der Waals surface area contributed by atoms with Gasteiger partial charge in [0, 0.05) is 19.6 Å². The molecule has 0 bridgehead atoms. The van der Waals surface area contributed by atoms with Gasteiger partial charge in [-0.1, -0.05) is 13.3 Å². The Bertz CT molecular complexity index is 277. The summed E-state index contributed by atoms with van der Waals surface area (Å²) >= 11 is 0. The topological polar surface area (TPSA) is 52.6 Å². The van der Waals surface area contributed by atoms with Crippen LogP contribution in [0, 0.1) is 5.41 Å². The number of aliphatic hydroxyl groups is 1. The molecule has 4 nitrogen and oxygen atoms in total. The molecule has 2 N–H and O–H groups in total. The zero-order valence-corrected chi connectivity index (χ0v) is 10.7. The van der Waals surface area contributed by atoms with E-state index in [1.165, 1.54) is 25.7 Å². The number of nitrogens with zero attached hydrogens (tertiary/aromatic N) is 1. The van der Waals surface area contributed by atoms with E-state index in [-0.39, 0.29) is 12.1 Å². The number of hydrogen-bond donors (Lipinski definition) is 2. The lowest BCUT2D eigenvalue weighted by Gasteiger charge is -2.30. The van der Waals surface area contributed by atoms with Gasteiger partial charge in [-0.3, -0.25) is 0 Å². The number of hydrogen-bond acceptors (Lipinski definition) is 2. The minimum absolute atomic E-state index is 0.00567. The van der Waals surface area contributed by atoms with Gasteiger partial charge in [0.25, 0.3) is 0 Å². The molecule has 17 heavy (non-hydrogen) atoms. The van der Waals surface area contributed by atoms with Crippen molar-refractivity contribution in [2.75, 3.05) is 19.6 Å². The number of likely N-dealkylation sites (tertiary alicyclic amines) is 1. The third-order valence-corrected chi connectivity index (χ3v) is 4.04. The zero-order valence-electron chi connectivity index (χ0n) is 10.7. The Morgan fingerprint density at radius 3 is 2.88 bits per heavy atom. The molecule has 1 atom stereocenters. The first-order valence-electron chi connectivity index (χ1n) is 6.86. The van der Waals surface area contributed by atoms with Gasteiger partial charge in [0.05, 0.1) is 6.10 Å². The summed E-state index contributed by atoms with van der Waals surface area (Å²) in [6.45, 7) is 4.28. The highest BCUT2D eigenvalue weighted by Crippen LogP contribution is 2.48. The average Bonchev–Trinajstić information content (AvgIpc) is 3.07. The summed E-state index contributed by atoms with van der Waals surface area (Å²) in [5, 5.41) is 12.6. The van der Waals surface area contributed by atoms with Crippen LogP contribution in [0.4, 0.5) is 4.79 Å². The SMILES string of the molecule is CCCC1(CNC(=O)N2CCCC(O)C2)CC1. The first-order chi connectivity index (χ1) is 8.15. The van der Waals surface area contributed by atoms with E-state index in [1.807, 2.05) is 0 Å². The van der Waals surface area contributed by atoms with Crippen molar-refractivity contribution < 1.29 is 9.90 Å². The van der Waals surface area contributed by atoms with E-state index >= 15 is 0 Å². The second-order valence-corrected chi connectivity index (χ2v) is 5.65. The number of nitrogens with one attached hydrogen (secondary N) is 1. The molecule has 98 valence electrons. The van der Waals surface area contributed by atoms with Crippen LogP contribution in [0.1, 0.15) is 45.4 Å². The molecule has 1 saturated heterocycles. The fourth-order valence-corrected chi connectivity index (χ4v) is 2.74. The van der Waals surface area contributed by atoms with Crippen LogP contribution in [0.2, 0.25) is 0 Å². The number of urea groups is 1. The van der Waals surface area contributed by atoms with E-state index in [4.69, 9.17) is 0 Å². The van der Waals surface area contributed by atoms with E-state index in [2.05, 4.69) is 12.2 Å². The molecule has 0 aromatic carbocycles. The zero-order chi connectivity index (χ0) is 12.3. The Hall–Kier alpha value is -0.770.